The van der Waals surface area contributed by atoms with Gasteiger partial charge < -0.3 is 9.73 Å². The SMILES string of the molecule is CC(Nc1c(Cl)cc(Br)cc1Cl)c1ccc(Br)o1. The van der Waals surface area contributed by atoms with Gasteiger partial charge in [0.15, 0.2) is 4.67 Å². The molecule has 0 aliphatic heterocycles. The minimum absolute atomic E-state index is 0.0347. The first-order valence-corrected chi connectivity index (χ1v) is 7.48. The molecule has 0 amide bonds. The number of halogens is 4. The zero-order chi connectivity index (χ0) is 13.3. The van der Waals surface area contributed by atoms with E-state index in [-0.39, 0.29) is 6.04 Å². The van der Waals surface area contributed by atoms with E-state index in [2.05, 4.69) is 37.2 Å². The summed E-state index contributed by atoms with van der Waals surface area (Å²) in [6.45, 7) is 1.97. The number of nitrogens with one attached hydrogen (secondary N) is 1. The van der Waals surface area contributed by atoms with Gasteiger partial charge in [0, 0.05) is 4.47 Å². The van der Waals surface area contributed by atoms with E-state index in [4.69, 9.17) is 27.6 Å². The van der Waals surface area contributed by atoms with Gasteiger partial charge in [0.2, 0.25) is 0 Å². The standard InChI is InChI=1S/C12H9Br2Cl2NO/c1-6(10-2-3-11(14)18-10)17-12-8(15)4-7(13)5-9(12)16/h2-6,17H,1H3. The minimum Gasteiger partial charge on any atom is -0.452 e. The molecule has 18 heavy (non-hydrogen) atoms. The highest BCUT2D eigenvalue weighted by Crippen LogP contribution is 2.36. The van der Waals surface area contributed by atoms with Crippen LogP contribution in [-0.4, -0.2) is 0 Å². The predicted octanol–water partition coefficient (Wildman–Crippen LogP) is 6.28. The summed E-state index contributed by atoms with van der Waals surface area (Å²) in [5.74, 6) is 0.803. The summed E-state index contributed by atoms with van der Waals surface area (Å²) < 4.78 is 7.02. The summed E-state index contributed by atoms with van der Waals surface area (Å²) in [6.07, 6.45) is 0. The molecule has 0 saturated carbocycles. The lowest BCUT2D eigenvalue weighted by molar-refractivity contribution is 0.471. The van der Waals surface area contributed by atoms with Gasteiger partial charge in [-0.15, -0.1) is 0 Å². The highest BCUT2D eigenvalue weighted by atomic mass is 79.9. The molecule has 0 bridgehead atoms. The van der Waals surface area contributed by atoms with Gasteiger partial charge in [-0.2, -0.15) is 0 Å². The Kier molecular flexibility index (Phi) is 4.64. The van der Waals surface area contributed by atoms with Crippen molar-refractivity contribution in [2.75, 3.05) is 5.32 Å². The number of rotatable bonds is 3. The molecule has 96 valence electrons. The van der Waals surface area contributed by atoms with Crippen LogP contribution in [0, 0.1) is 0 Å². The second-order valence-corrected chi connectivity index (χ2v) is 6.26. The van der Waals surface area contributed by atoms with E-state index in [0.29, 0.717) is 20.4 Å². The maximum Gasteiger partial charge on any atom is 0.169 e. The normalized spacial score (nSPS) is 12.5. The summed E-state index contributed by atoms with van der Waals surface area (Å²) in [4.78, 5) is 0. The Morgan fingerprint density at radius 1 is 1.17 bits per heavy atom. The second-order valence-electron chi connectivity index (χ2n) is 3.75. The second kappa shape index (κ2) is 5.87. The van der Waals surface area contributed by atoms with Gasteiger partial charge in [-0.3, -0.25) is 0 Å². The van der Waals surface area contributed by atoms with E-state index in [1.807, 2.05) is 19.1 Å². The fraction of sp³-hybridized carbons (Fsp3) is 0.167. The van der Waals surface area contributed by atoms with Crippen LogP contribution in [0.5, 0.6) is 0 Å². The highest BCUT2D eigenvalue weighted by molar-refractivity contribution is 9.10. The van der Waals surface area contributed by atoms with Crippen LogP contribution in [0.25, 0.3) is 0 Å². The molecule has 1 atom stereocenters. The topological polar surface area (TPSA) is 25.2 Å². The maximum absolute atomic E-state index is 6.15. The van der Waals surface area contributed by atoms with Gasteiger partial charge in [-0.1, -0.05) is 39.1 Å². The van der Waals surface area contributed by atoms with Crippen molar-refractivity contribution in [3.63, 3.8) is 0 Å². The average molecular weight is 414 g/mol. The van der Waals surface area contributed by atoms with Crippen LogP contribution in [0.2, 0.25) is 10.0 Å². The van der Waals surface area contributed by atoms with Crippen molar-refractivity contribution in [3.8, 4) is 0 Å². The molecule has 1 unspecified atom stereocenters. The largest absolute Gasteiger partial charge is 0.452 e. The Balaban J connectivity index is 2.24. The summed E-state index contributed by atoms with van der Waals surface area (Å²) in [6, 6.07) is 7.29. The van der Waals surface area contributed by atoms with Gasteiger partial charge in [-0.05, 0) is 47.1 Å². The Bertz CT molecular complexity index is 548. The fourth-order valence-corrected chi connectivity index (χ4v) is 3.17. The van der Waals surface area contributed by atoms with E-state index in [1.54, 1.807) is 12.1 Å². The fourth-order valence-electron chi connectivity index (χ4n) is 1.53. The van der Waals surface area contributed by atoms with Gasteiger partial charge in [0.05, 0.1) is 21.8 Å². The zero-order valence-electron chi connectivity index (χ0n) is 9.31. The predicted molar refractivity (Wildman–Crippen MR) is 82.6 cm³/mol. The molecular formula is C12H9Br2Cl2NO. The van der Waals surface area contributed by atoms with Crippen molar-refractivity contribution in [2.24, 2.45) is 0 Å². The molecule has 0 radical (unpaired) electrons. The molecule has 2 aromatic rings. The third-order valence-electron chi connectivity index (χ3n) is 2.39. The molecule has 1 N–H and O–H groups in total. The minimum atomic E-state index is -0.0347. The van der Waals surface area contributed by atoms with Crippen LogP contribution in [-0.2, 0) is 0 Å². The lowest BCUT2D eigenvalue weighted by Gasteiger charge is -2.16. The number of furan rings is 1. The number of anilines is 1. The first-order valence-electron chi connectivity index (χ1n) is 5.13. The van der Waals surface area contributed by atoms with Crippen LogP contribution in [0.4, 0.5) is 5.69 Å². The third-order valence-corrected chi connectivity index (χ3v) is 3.87. The molecule has 1 aromatic heterocycles. The quantitative estimate of drug-likeness (QED) is 0.640. The highest BCUT2D eigenvalue weighted by Gasteiger charge is 2.14. The molecule has 0 aliphatic carbocycles. The van der Waals surface area contributed by atoms with E-state index >= 15 is 0 Å². The number of benzene rings is 1. The van der Waals surface area contributed by atoms with Crippen molar-refractivity contribution in [1.82, 2.24) is 0 Å². The number of hydrogen-bond donors (Lipinski definition) is 1. The molecule has 1 aromatic carbocycles. The molecule has 6 heteroatoms. The molecular weight excluding hydrogens is 405 g/mol. The van der Waals surface area contributed by atoms with Crippen LogP contribution < -0.4 is 5.32 Å². The molecule has 0 fully saturated rings. The summed E-state index contributed by atoms with van der Waals surface area (Å²) >= 11 is 18.9. The van der Waals surface area contributed by atoms with Crippen LogP contribution >= 0.6 is 55.1 Å². The van der Waals surface area contributed by atoms with Crippen molar-refractivity contribution < 1.29 is 4.42 Å². The van der Waals surface area contributed by atoms with E-state index < -0.39 is 0 Å². The van der Waals surface area contributed by atoms with E-state index in [1.165, 1.54) is 0 Å². The summed E-state index contributed by atoms with van der Waals surface area (Å²) in [7, 11) is 0. The Morgan fingerprint density at radius 2 is 1.78 bits per heavy atom. The zero-order valence-corrected chi connectivity index (χ0v) is 14.0. The van der Waals surface area contributed by atoms with Crippen molar-refractivity contribution in [1.29, 1.82) is 0 Å². The van der Waals surface area contributed by atoms with Crippen LogP contribution in [0.15, 0.2) is 37.8 Å². The number of hydrogen-bond acceptors (Lipinski definition) is 2. The van der Waals surface area contributed by atoms with Crippen LogP contribution in [0.1, 0.15) is 18.7 Å². The van der Waals surface area contributed by atoms with Crippen LogP contribution in [0.3, 0.4) is 0 Å². The van der Waals surface area contributed by atoms with Crippen molar-refractivity contribution in [3.05, 3.63) is 49.2 Å². The maximum atomic E-state index is 6.15. The van der Waals surface area contributed by atoms with Gasteiger partial charge >= 0.3 is 0 Å². The Morgan fingerprint density at radius 3 is 2.28 bits per heavy atom. The molecule has 2 nitrogen and oxygen atoms in total. The smallest absolute Gasteiger partial charge is 0.169 e. The van der Waals surface area contributed by atoms with Crippen molar-refractivity contribution in [2.45, 2.75) is 13.0 Å². The lowest BCUT2D eigenvalue weighted by atomic mass is 10.2. The van der Waals surface area contributed by atoms with Gasteiger partial charge in [0.25, 0.3) is 0 Å². The average Bonchev–Trinajstić information content (AvgIpc) is 2.70. The lowest BCUT2D eigenvalue weighted by Crippen LogP contribution is -2.06. The van der Waals surface area contributed by atoms with Crippen molar-refractivity contribution >= 4 is 60.7 Å². The molecule has 2 rings (SSSR count). The monoisotopic (exact) mass is 411 g/mol. The van der Waals surface area contributed by atoms with E-state index in [9.17, 15) is 0 Å². The first kappa shape index (κ1) is 14.3. The first-order chi connectivity index (χ1) is 8.47. The Hall–Kier alpha value is -0.160. The molecule has 1 heterocycles. The van der Waals surface area contributed by atoms with E-state index in [0.717, 1.165) is 10.2 Å². The molecule has 0 aliphatic rings. The summed E-state index contributed by atoms with van der Waals surface area (Å²) in [5, 5.41) is 4.36. The van der Waals surface area contributed by atoms with Gasteiger partial charge in [-0.25, -0.2) is 0 Å². The summed E-state index contributed by atoms with van der Waals surface area (Å²) in [5.41, 5.74) is 0.696. The third kappa shape index (κ3) is 3.23. The molecule has 0 saturated heterocycles. The Labute approximate surface area is 132 Å². The molecule has 0 spiro atoms. The van der Waals surface area contributed by atoms with Gasteiger partial charge in [0.1, 0.15) is 5.76 Å².